The zero-order valence-electron chi connectivity index (χ0n) is 13.4. The van der Waals surface area contributed by atoms with Crippen molar-refractivity contribution in [2.45, 2.75) is 25.3 Å². The number of allylic oxidation sites excluding steroid dienone is 1. The van der Waals surface area contributed by atoms with Crippen molar-refractivity contribution in [2.24, 2.45) is 11.7 Å². The largest absolute Gasteiger partial charge is 0.493 e. The van der Waals surface area contributed by atoms with Gasteiger partial charge < -0.3 is 20.5 Å². The van der Waals surface area contributed by atoms with Crippen LogP contribution in [0.4, 0.5) is 0 Å². The maximum absolute atomic E-state index is 11.8. The van der Waals surface area contributed by atoms with Gasteiger partial charge in [-0.05, 0) is 42.9 Å². The van der Waals surface area contributed by atoms with Gasteiger partial charge in [-0.1, -0.05) is 12.1 Å². The Morgan fingerprint density at radius 3 is 2.83 bits per heavy atom. The smallest absolute Gasteiger partial charge is 0.257 e. The van der Waals surface area contributed by atoms with E-state index in [1.54, 1.807) is 13.2 Å². The average Bonchev–Trinajstić information content (AvgIpc) is 3.36. The SMILES string of the molecule is C=CCc1ccc(OCC(=O)NCC(N)C2CC2)c(OC)c1.Cl. The fourth-order valence-electron chi connectivity index (χ4n) is 2.24. The summed E-state index contributed by atoms with van der Waals surface area (Å²) < 4.78 is 10.8. The van der Waals surface area contributed by atoms with Crippen LogP contribution in [0.25, 0.3) is 0 Å². The summed E-state index contributed by atoms with van der Waals surface area (Å²) in [6.45, 7) is 4.16. The van der Waals surface area contributed by atoms with Crippen molar-refractivity contribution >= 4 is 18.3 Å². The monoisotopic (exact) mass is 340 g/mol. The van der Waals surface area contributed by atoms with E-state index in [4.69, 9.17) is 15.2 Å². The quantitative estimate of drug-likeness (QED) is 0.675. The second-order valence-electron chi connectivity index (χ2n) is 5.57. The Balaban J connectivity index is 0.00000264. The molecule has 128 valence electrons. The van der Waals surface area contributed by atoms with Gasteiger partial charge in [0.1, 0.15) is 0 Å². The molecule has 1 atom stereocenters. The summed E-state index contributed by atoms with van der Waals surface area (Å²) in [7, 11) is 1.58. The molecule has 0 bridgehead atoms. The van der Waals surface area contributed by atoms with Gasteiger partial charge in [-0.3, -0.25) is 4.79 Å². The van der Waals surface area contributed by atoms with E-state index in [0.29, 0.717) is 24.0 Å². The van der Waals surface area contributed by atoms with Crippen molar-refractivity contribution < 1.29 is 14.3 Å². The molecule has 1 amide bonds. The molecule has 5 nitrogen and oxygen atoms in total. The fourth-order valence-corrected chi connectivity index (χ4v) is 2.24. The van der Waals surface area contributed by atoms with E-state index in [-0.39, 0.29) is 31.0 Å². The molecule has 1 aliphatic rings. The number of carbonyl (C=O) groups excluding carboxylic acids is 1. The summed E-state index contributed by atoms with van der Waals surface area (Å²) in [6, 6.07) is 5.68. The van der Waals surface area contributed by atoms with Crippen LogP contribution in [0.3, 0.4) is 0 Å². The molecule has 0 saturated heterocycles. The molecular weight excluding hydrogens is 316 g/mol. The molecule has 1 aromatic rings. The fraction of sp³-hybridized carbons (Fsp3) is 0.471. The van der Waals surface area contributed by atoms with E-state index in [9.17, 15) is 4.79 Å². The summed E-state index contributed by atoms with van der Waals surface area (Å²) >= 11 is 0. The van der Waals surface area contributed by atoms with Gasteiger partial charge in [0, 0.05) is 12.6 Å². The standard InChI is InChI=1S/C17H24N2O3.ClH/c1-3-4-12-5-8-15(16(9-12)21-2)22-11-17(20)19-10-14(18)13-6-7-13;/h3,5,8-9,13-14H,1,4,6-7,10-11,18H2,2H3,(H,19,20);1H. The lowest BCUT2D eigenvalue weighted by atomic mass is 10.1. The van der Waals surface area contributed by atoms with Gasteiger partial charge in [-0.15, -0.1) is 19.0 Å². The number of nitrogens with two attached hydrogens (primary N) is 1. The lowest BCUT2D eigenvalue weighted by Crippen LogP contribution is -2.40. The van der Waals surface area contributed by atoms with Gasteiger partial charge in [0.05, 0.1) is 7.11 Å². The highest BCUT2D eigenvalue weighted by Crippen LogP contribution is 2.31. The molecule has 0 spiro atoms. The van der Waals surface area contributed by atoms with Crippen molar-refractivity contribution in [3.8, 4) is 11.5 Å². The molecule has 23 heavy (non-hydrogen) atoms. The molecule has 1 aromatic carbocycles. The number of carbonyl (C=O) groups is 1. The lowest BCUT2D eigenvalue weighted by molar-refractivity contribution is -0.123. The van der Waals surface area contributed by atoms with Gasteiger partial charge in [0.25, 0.3) is 5.91 Å². The molecule has 1 aliphatic carbocycles. The minimum atomic E-state index is -0.173. The molecule has 0 aliphatic heterocycles. The zero-order valence-corrected chi connectivity index (χ0v) is 14.2. The van der Waals surface area contributed by atoms with Crippen LogP contribution >= 0.6 is 12.4 Å². The van der Waals surface area contributed by atoms with Crippen LogP contribution in [0.15, 0.2) is 30.9 Å². The van der Waals surface area contributed by atoms with E-state index in [1.807, 2.05) is 18.2 Å². The first-order valence-corrected chi connectivity index (χ1v) is 7.57. The minimum Gasteiger partial charge on any atom is -0.493 e. The Bertz CT molecular complexity index is 533. The van der Waals surface area contributed by atoms with Crippen LogP contribution in [-0.2, 0) is 11.2 Å². The Kier molecular flexibility index (Phi) is 7.92. The predicted molar refractivity (Wildman–Crippen MR) is 93.3 cm³/mol. The van der Waals surface area contributed by atoms with E-state index in [2.05, 4.69) is 11.9 Å². The second-order valence-corrected chi connectivity index (χ2v) is 5.57. The van der Waals surface area contributed by atoms with Gasteiger partial charge in [-0.2, -0.15) is 0 Å². The molecule has 1 unspecified atom stereocenters. The van der Waals surface area contributed by atoms with Crippen molar-refractivity contribution in [2.75, 3.05) is 20.3 Å². The Morgan fingerprint density at radius 2 is 2.22 bits per heavy atom. The van der Waals surface area contributed by atoms with Crippen molar-refractivity contribution in [3.63, 3.8) is 0 Å². The maximum atomic E-state index is 11.8. The first-order chi connectivity index (χ1) is 10.6. The summed E-state index contributed by atoms with van der Waals surface area (Å²) in [6.07, 6.45) is 4.92. The Labute approximate surface area is 143 Å². The van der Waals surface area contributed by atoms with Crippen LogP contribution in [0.5, 0.6) is 11.5 Å². The average molecular weight is 341 g/mol. The molecule has 1 saturated carbocycles. The number of nitrogens with one attached hydrogen (secondary N) is 1. The van der Waals surface area contributed by atoms with Crippen LogP contribution in [0.2, 0.25) is 0 Å². The number of amides is 1. The highest BCUT2D eigenvalue weighted by molar-refractivity contribution is 5.85. The summed E-state index contributed by atoms with van der Waals surface area (Å²) in [5.41, 5.74) is 7.02. The highest BCUT2D eigenvalue weighted by atomic mass is 35.5. The second kappa shape index (κ2) is 9.43. The van der Waals surface area contributed by atoms with Crippen molar-refractivity contribution in [3.05, 3.63) is 36.4 Å². The number of rotatable bonds is 9. The molecular formula is C17H25ClN2O3. The van der Waals surface area contributed by atoms with Gasteiger partial charge in [0.2, 0.25) is 0 Å². The summed E-state index contributed by atoms with van der Waals surface area (Å²) in [5, 5.41) is 2.80. The molecule has 1 fully saturated rings. The first kappa shape index (κ1) is 19.3. The van der Waals surface area contributed by atoms with Crippen LogP contribution in [0.1, 0.15) is 18.4 Å². The van der Waals surface area contributed by atoms with Crippen molar-refractivity contribution in [1.82, 2.24) is 5.32 Å². The first-order valence-electron chi connectivity index (χ1n) is 7.57. The molecule has 3 N–H and O–H groups in total. The molecule has 0 aromatic heterocycles. The van der Waals surface area contributed by atoms with Crippen LogP contribution in [-0.4, -0.2) is 32.2 Å². The predicted octanol–water partition coefficient (Wildman–Crippen LogP) is 2.08. The number of ether oxygens (including phenoxy) is 2. The normalized spacial score (nSPS) is 14.3. The zero-order chi connectivity index (χ0) is 15.9. The Hall–Kier alpha value is -1.72. The summed E-state index contributed by atoms with van der Waals surface area (Å²) in [4.78, 5) is 11.8. The third-order valence-corrected chi connectivity index (χ3v) is 3.73. The molecule has 0 heterocycles. The van der Waals surface area contributed by atoms with Crippen LogP contribution < -0.4 is 20.5 Å². The minimum absolute atomic E-state index is 0. The maximum Gasteiger partial charge on any atom is 0.257 e. The Morgan fingerprint density at radius 1 is 1.48 bits per heavy atom. The van der Waals surface area contributed by atoms with Gasteiger partial charge in [-0.25, -0.2) is 0 Å². The summed E-state index contributed by atoms with van der Waals surface area (Å²) in [5.74, 6) is 1.56. The molecule has 2 rings (SSSR count). The molecule has 6 heteroatoms. The van der Waals surface area contributed by atoms with E-state index < -0.39 is 0 Å². The topological polar surface area (TPSA) is 73.6 Å². The number of halogens is 1. The van der Waals surface area contributed by atoms with E-state index in [0.717, 1.165) is 12.0 Å². The number of hydrogen-bond acceptors (Lipinski definition) is 4. The molecule has 0 radical (unpaired) electrons. The highest BCUT2D eigenvalue weighted by Gasteiger charge is 2.28. The van der Waals surface area contributed by atoms with E-state index >= 15 is 0 Å². The van der Waals surface area contributed by atoms with Gasteiger partial charge >= 0.3 is 0 Å². The third-order valence-electron chi connectivity index (χ3n) is 3.73. The number of methoxy groups -OCH3 is 1. The van der Waals surface area contributed by atoms with E-state index in [1.165, 1.54) is 12.8 Å². The lowest BCUT2D eigenvalue weighted by Gasteiger charge is -2.14. The number of benzene rings is 1. The van der Waals surface area contributed by atoms with Crippen LogP contribution in [0, 0.1) is 5.92 Å². The van der Waals surface area contributed by atoms with Gasteiger partial charge in [0.15, 0.2) is 18.1 Å². The number of hydrogen-bond donors (Lipinski definition) is 2. The van der Waals surface area contributed by atoms with Crippen molar-refractivity contribution in [1.29, 1.82) is 0 Å². The third kappa shape index (κ3) is 6.12.